The molecular weight excluding hydrogens is 243 g/mol. The highest BCUT2D eigenvalue weighted by molar-refractivity contribution is 5.32. The first kappa shape index (κ1) is 15.9. The van der Waals surface area contributed by atoms with Crippen LogP contribution >= 0.6 is 0 Å². The molecule has 0 radical (unpaired) electrons. The van der Waals surface area contributed by atoms with Gasteiger partial charge in [0.15, 0.2) is 0 Å². The summed E-state index contributed by atoms with van der Waals surface area (Å²) in [6.07, 6.45) is 0. The fraction of sp³-hybridized carbons (Fsp3) is 0.600. The molecule has 1 rings (SSSR count). The van der Waals surface area contributed by atoms with Crippen molar-refractivity contribution in [2.75, 3.05) is 13.1 Å². The predicted molar refractivity (Wildman–Crippen MR) is 76.7 cm³/mol. The second-order valence-electron chi connectivity index (χ2n) is 5.38. The average molecular weight is 268 g/mol. The molecular formula is C15H25FN2O. The quantitative estimate of drug-likeness (QED) is 0.746. The van der Waals surface area contributed by atoms with E-state index >= 15 is 0 Å². The first-order valence-electron chi connectivity index (χ1n) is 6.85. The Morgan fingerprint density at radius 1 is 1.21 bits per heavy atom. The molecule has 0 atom stereocenters. The first-order chi connectivity index (χ1) is 8.91. The van der Waals surface area contributed by atoms with Crippen molar-refractivity contribution in [3.05, 3.63) is 29.6 Å². The molecule has 0 aliphatic heterocycles. The van der Waals surface area contributed by atoms with Crippen molar-refractivity contribution in [3.8, 4) is 5.75 Å². The zero-order chi connectivity index (χ0) is 14.4. The third-order valence-corrected chi connectivity index (χ3v) is 3.23. The van der Waals surface area contributed by atoms with Gasteiger partial charge in [-0.25, -0.2) is 4.39 Å². The number of nitrogens with zero attached hydrogens (tertiary/aromatic N) is 1. The van der Waals surface area contributed by atoms with Gasteiger partial charge in [0.2, 0.25) is 0 Å². The molecule has 3 nitrogen and oxygen atoms in total. The van der Waals surface area contributed by atoms with E-state index in [0.29, 0.717) is 24.2 Å². The Morgan fingerprint density at radius 3 is 2.42 bits per heavy atom. The molecule has 0 aliphatic carbocycles. The SMILES string of the molecule is CC(C)N(CCNCc1cc(F)ccc1O)C(C)C. The van der Waals surface area contributed by atoms with E-state index in [-0.39, 0.29) is 11.6 Å². The first-order valence-corrected chi connectivity index (χ1v) is 6.85. The van der Waals surface area contributed by atoms with Gasteiger partial charge < -0.3 is 10.4 Å². The molecule has 0 fully saturated rings. The van der Waals surface area contributed by atoms with Gasteiger partial charge >= 0.3 is 0 Å². The Kier molecular flexibility index (Phi) is 6.25. The van der Waals surface area contributed by atoms with Crippen molar-refractivity contribution in [2.45, 2.75) is 46.3 Å². The van der Waals surface area contributed by atoms with Crippen LogP contribution in [0.5, 0.6) is 5.75 Å². The normalized spacial score (nSPS) is 11.8. The molecule has 0 aromatic heterocycles. The van der Waals surface area contributed by atoms with E-state index in [2.05, 4.69) is 37.9 Å². The van der Waals surface area contributed by atoms with Crippen LogP contribution < -0.4 is 5.32 Å². The predicted octanol–water partition coefficient (Wildman–Crippen LogP) is 2.74. The molecule has 0 unspecified atom stereocenters. The summed E-state index contributed by atoms with van der Waals surface area (Å²) in [5.41, 5.74) is 0.598. The minimum Gasteiger partial charge on any atom is -0.508 e. The summed E-state index contributed by atoms with van der Waals surface area (Å²) < 4.78 is 13.0. The molecule has 108 valence electrons. The monoisotopic (exact) mass is 268 g/mol. The lowest BCUT2D eigenvalue weighted by Gasteiger charge is -2.30. The number of hydrogen-bond acceptors (Lipinski definition) is 3. The summed E-state index contributed by atoms with van der Waals surface area (Å²) >= 11 is 0. The molecule has 0 bridgehead atoms. The largest absolute Gasteiger partial charge is 0.508 e. The van der Waals surface area contributed by atoms with Crippen molar-refractivity contribution in [2.24, 2.45) is 0 Å². The number of rotatable bonds is 7. The van der Waals surface area contributed by atoms with Crippen LogP contribution in [-0.2, 0) is 6.54 Å². The van der Waals surface area contributed by atoms with Crippen molar-refractivity contribution in [3.63, 3.8) is 0 Å². The van der Waals surface area contributed by atoms with Crippen molar-refractivity contribution in [1.29, 1.82) is 0 Å². The molecule has 1 aromatic carbocycles. The highest BCUT2D eigenvalue weighted by Gasteiger charge is 2.12. The number of nitrogens with one attached hydrogen (secondary N) is 1. The summed E-state index contributed by atoms with van der Waals surface area (Å²) in [6.45, 7) is 10.9. The summed E-state index contributed by atoms with van der Waals surface area (Å²) in [7, 11) is 0. The minimum absolute atomic E-state index is 0.137. The Balaban J connectivity index is 2.40. The molecule has 0 amide bonds. The maximum atomic E-state index is 13.0. The third-order valence-electron chi connectivity index (χ3n) is 3.23. The van der Waals surface area contributed by atoms with Gasteiger partial charge in [-0.1, -0.05) is 0 Å². The summed E-state index contributed by atoms with van der Waals surface area (Å²) in [4.78, 5) is 2.39. The Labute approximate surface area is 115 Å². The van der Waals surface area contributed by atoms with Gasteiger partial charge in [0.05, 0.1) is 0 Å². The zero-order valence-corrected chi connectivity index (χ0v) is 12.3. The van der Waals surface area contributed by atoms with E-state index in [4.69, 9.17) is 0 Å². The number of hydrogen-bond donors (Lipinski definition) is 2. The molecule has 19 heavy (non-hydrogen) atoms. The van der Waals surface area contributed by atoms with E-state index in [1.807, 2.05) is 0 Å². The van der Waals surface area contributed by atoms with Crippen LogP contribution in [-0.4, -0.2) is 35.2 Å². The Bertz CT molecular complexity index is 386. The molecule has 0 saturated carbocycles. The van der Waals surface area contributed by atoms with E-state index in [1.54, 1.807) is 0 Å². The van der Waals surface area contributed by atoms with Crippen molar-refractivity contribution >= 4 is 0 Å². The van der Waals surface area contributed by atoms with E-state index in [0.717, 1.165) is 13.1 Å². The van der Waals surface area contributed by atoms with Gasteiger partial charge in [-0.3, -0.25) is 4.90 Å². The summed E-state index contributed by atoms with van der Waals surface area (Å²) in [6, 6.07) is 5.03. The maximum Gasteiger partial charge on any atom is 0.123 e. The Morgan fingerprint density at radius 2 is 1.84 bits per heavy atom. The summed E-state index contributed by atoms with van der Waals surface area (Å²) in [5.74, 6) is -0.181. The lowest BCUT2D eigenvalue weighted by Crippen LogP contribution is -2.41. The van der Waals surface area contributed by atoms with E-state index in [9.17, 15) is 9.50 Å². The Hall–Kier alpha value is -1.13. The second-order valence-corrected chi connectivity index (χ2v) is 5.38. The lowest BCUT2D eigenvalue weighted by molar-refractivity contribution is 0.175. The van der Waals surface area contributed by atoms with Crippen LogP contribution in [0.1, 0.15) is 33.3 Å². The van der Waals surface area contributed by atoms with E-state index < -0.39 is 0 Å². The van der Waals surface area contributed by atoms with Crippen LogP contribution in [0, 0.1) is 5.82 Å². The maximum absolute atomic E-state index is 13.0. The standard InChI is InChI=1S/C15H25FN2O/c1-11(2)18(12(3)4)8-7-17-10-13-9-14(16)5-6-15(13)19/h5-6,9,11-12,17,19H,7-8,10H2,1-4H3. The molecule has 0 saturated heterocycles. The molecule has 0 heterocycles. The average Bonchev–Trinajstić information content (AvgIpc) is 2.32. The number of benzene rings is 1. The smallest absolute Gasteiger partial charge is 0.123 e. The van der Waals surface area contributed by atoms with Crippen LogP contribution in [0.25, 0.3) is 0 Å². The number of phenolic OH excluding ortho intramolecular Hbond substituents is 1. The molecule has 0 aliphatic rings. The van der Waals surface area contributed by atoms with Gasteiger partial charge in [-0.2, -0.15) is 0 Å². The molecule has 1 aromatic rings. The number of aromatic hydroxyl groups is 1. The van der Waals surface area contributed by atoms with Crippen molar-refractivity contribution < 1.29 is 9.50 Å². The van der Waals surface area contributed by atoms with E-state index in [1.165, 1.54) is 18.2 Å². The molecule has 4 heteroatoms. The molecule has 2 N–H and O–H groups in total. The van der Waals surface area contributed by atoms with Gasteiger partial charge in [-0.05, 0) is 45.9 Å². The van der Waals surface area contributed by atoms with Crippen LogP contribution in [0.4, 0.5) is 4.39 Å². The van der Waals surface area contributed by atoms with Gasteiger partial charge in [0.25, 0.3) is 0 Å². The molecule has 0 spiro atoms. The number of phenols is 1. The third kappa shape index (κ3) is 5.17. The summed E-state index contributed by atoms with van der Waals surface area (Å²) in [5, 5.41) is 12.8. The van der Waals surface area contributed by atoms with Crippen LogP contribution in [0.15, 0.2) is 18.2 Å². The fourth-order valence-corrected chi connectivity index (χ4v) is 2.24. The van der Waals surface area contributed by atoms with Gasteiger partial charge in [0.1, 0.15) is 11.6 Å². The topological polar surface area (TPSA) is 35.5 Å². The lowest BCUT2D eigenvalue weighted by atomic mass is 10.2. The minimum atomic E-state index is -0.319. The van der Waals surface area contributed by atoms with Crippen molar-refractivity contribution in [1.82, 2.24) is 10.2 Å². The highest BCUT2D eigenvalue weighted by Crippen LogP contribution is 2.17. The van der Waals surface area contributed by atoms with Gasteiger partial charge in [-0.15, -0.1) is 0 Å². The number of halogens is 1. The van der Waals surface area contributed by atoms with Crippen LogP contribution in [0.2, 0.25) is 0 Å². The fourth-order valence-electron chi connectivity index (χ4n) is 2.24. The van der Waals surface area contributed by atoms with Crippen LogP contribution in [0.3, 0.4) is 0 Å². The highest BCUT2D eigenvalue weighted by atomic mass is 19.1. The van der Waals surface area contributed by atoms with Gasteiger partial charge in [0, 0.05) is 37.3 Å². The second kappa shape index (κ2) is 7.46. The zero-order valence-electron chi connectivity index (χ0n) is 12.3.